The molecule has 0 saturated carbocycles. The number of rotatable bonds is 5. The molecule has 0 radical (unpaired) electrons. The summed E-state index contributed by atoms with van der Waals surface area (Å²) in [7, 11) is 0. The van der Waals surface area contributed by atoms with Crippen LogP contribution >= 0.6 is 0 Å². The van der Waals surface area contributed by atoms with E-state index in [1.165, 1.54) is 5.56 Å². The first kappa shape index (κ1) is 15.1. The molecule has 3 nitrogen and oxygen atoms in total. The number of para-hydroxylation sites is 1. The molecule has 0 spiro atoms. The molecule has 2 aromatic rings. The number of benzene rings is 2. The molecule has 110 valence electrons. The third kappa shape index (κ3) is 4.09. The highest BCUT2D eigenvalue weighted by Crippen LogP contribution is 2.26. The molecule has 3 N–H and O–H groups in total. The van der Waals surface area contributed by atoms with E-state index in [2.05, 4.69) is 25.2 Å². The van der Waals surface area contributed by atoms with Crippen molar-refractivity contribution in [2.45, 2.75) is 32.6 Å². The molecule has 21 heavy (non-hydrogen) atoms. The van der Waals surface area contributed by atoms with Crippen LogP contribution in [0.1, 0.15) is 37.3 Å². The van der Waals surface area contributed by atoms with Gasteiger partial charge in [0.05, 0.1) is 6.42 Å². The molecular weight excluding hydrogens is 260 g/mol. The van der Waals surface area contributed by atoms with Crippen LogP contribution in [0.25, 0.3) is 0 Å². The summed E-state index contributed by atoms with van der Waals surface area (Å²) in [5, 5.41) is 3.02. The largest absolute Gasteiger partial charge is 0.399 e. The average Bonchev–Trinajstić information content (AvgIpc) is 2.49. The van der Waals surface area contributed by atoms with E-state index in [9.17, 15) is 4.79 Å². The van der Waals surface area contributed by atoms with Crippen LogP contribution in [-0.4, -0.2) is 5.91 Å². The van der Waals surface area contributed by atoms with Gasteiger partial charge in [0.2, 0.25) is 5.91 Å². The third-order valence-electron chi connectivity index (χ3n) is 3.72. The van der Waals surface area contributed by atoms with Gasteiger partial charge in [-0.15, -0.1) is 0 Å². The SMILES string of the molecule is CCC(C)c1ccccc1NC(=O)Cc1ccc(N)cc1. The quantitative estimate of drug-likeness (QED) is 0.815. The van der Waals surface area contributed by atoms with Gasteiger partial charge < -0.3 is 11.1 Å². The summed E-state index contributed by atoms with van der Waals surface area (Å²) >= 11 is 0. The van der Waals surface area contributed by atoms with E-state index in [1.54, 1.807) is 0 Å². The van der Waals surface area contributed by atoms with Crippen LogP contribution in [0, 0.1) is 0 Å². The molecule has 1 unspecified atom stereocenters. The third-order valence-corrected chi connectivity index (χ3v) is 3.72. The Labute approximate surface area is 126 Å². The molecule has 3 heteroatoms. The van der Waals surface area contributed by atoms with E-state index >= 15 is 0 Å². The number of anilines is 2. The summed E-state index contributed by atoms with van der Waals surface area (Å²) in [6.07, 6.45) is 1.40. The number of nitrogen functional groups attached to an aromatic ring is 1. The number of carbonyl (C=O) groups excluding carboxylic acids is 1. The van der Waals surface area contributed by atoms with Crippen molar-refractivity contribution in [2.24, 2.45) is 0 Å². The zero-order valence-corrected chi connectivity index (χ0v) is 12.6. The monoisotopic (exact) mass is 282 g/mol. The lowest BCUT2D eigenvalue weighted by Crippen LogP contribution is -2.16. The van der Waals surface area contributed by atoms with Gasteiger partial charge in [-0.3, -0.25) is 4.79 Å². The van der Waals surface area contributed by atoms with Crippen LogP contribution in [0.2, 0.25) is 0 Å². The van der Waals surface area contributed by atoms with Gasteiger partial charge in [-0.05, 0) is 41.7 Å². The smallest absolute Gasteiger partial charge is 0.228 e. The first-order valence-corrected chi connectivity index (χ1v) is 7.33. The minimum Gasteiger partial charge on any atom is -0.399 e. The fraction of sp³-hybridized carbons (Fsp3) is 0.278. The Bertz CT molecular complexity index is 605. The van der Waals surface area contributed by atoms with Gasteiger partial charge in [0.25, 0.3) is 0 Å². The van der Waals surface area contributed by atoms with Crippen LogP contribution in [0.5, 0.6) is 0 Å². The predicted molar refractivity (Wildman–Crippen MR) is 88.3 cm³/mol. The average molecular weight is 282 g/mol. The summed E-state index contributed by atoms with van der Waals surface area (Å²) in [6.45, 7) is 4.32. The van der Waals surface area contributed by atoms with Gasteiger partial charge in [0.1, 0.15) is 0 Å². The molecule has 1 atom stereocenters. The molecule has 0 aliphatic carbocycles. The van der Waals surface area contributed by atoms with E-state index in [0.29, 0.717) is 18.0 Å². The maximum atomic E-state index is 12.2. The lowest BCUT2D eigenvalue weighted by Gasteiger charge is -2.15. The zero-order chi connectivity index (χ0) is 15.2. The molecular formula is C18H22N2O. The van der Waals surface area contributed by atoms with Crippen molar-refractivity contribution in [2.75, 3.05) is 11.1 Å². The van der Waals surface area contributed by atoms with Crippen molar-refractivity contribution in [3.05, 3.63) is 59.7 Å². The Morgan fingerprint density at radius 1 is 1.14 bits per heavy atom. The molecule has 2 rings (SSSR count). The summed E-state index contributed by atoms with van der Waals surface area (Å²) in [6, 6.07) is 15.4. The number of carbonyl (C=O) groups is 1. The van der Waals surface area contributed by atoms with Crippen molar-refractivity contribution in [3.63, 3.8) is 0 Å². The van der Waals surface area contributed by atoms with Gasteiger partial charge in [-0.1, -0.05) is 44.2 Å². The molecule has 0 aromatic heterocycles. The van der Waals surface area contributed by atoms with Gasteiger partial charge in [0, 0.05) is 11.4 Å². The molecule has 0 heterocycles. The number of amides is 1. The van der Waals surface area contributed by atoms with Gasteiger partial charge in [-0.25, -0.2) is 0 Å². The van der Waals surface area contributed by atoms with Crippen LogP contribution in [0.15, 0.2) is 48.5 Å². The maximum Gasteiger partial charge on any atom is 0.228 e. The van der Waals surface area contributed by atoms with E-state index < -0.39 is 0 Å². The lowest BCUT2D eigenvalue weighted by molar-refractivity contribution is -0.115. The molecule has 1 amide bonds. The Hall–Kier alpha value is -2.29. The molecule has 0 saturated heterocycles. The Kier molecular flexibility index (Phi) is 4.99. The zero-order valence-electron chi connectivity index (χ0n) is 12.6. The van der Waals surface area contributed by atoms with E-state index in [0.717, 1.165) is 17.7 Å². The molecule has 0 aliphatic rings. The van der Waals surface area contributed by atoms with E-state index in [1.807, 2.05) is 42.5 Å². The number of hydrogen-bond acceptors (Lipinski definition) is 2. The second-order valence-electron chi connectivity index (χ2n) is 5.36. The fourth-order valence-corrected chi connectivity index (χ4v) is 2.28. The Balaban J connectivity index is 2.07. The minimum absolute atomic E-state index is 0.00414. The van der Waals surface area contributed by atoms with Crippen LogP contribution in [0.3, 0.4) is 0 Å². The number of nitrogens with one attached hydrogen (secondary N) is 1. The Morgan fingerprint density at radius 3 is 2.48 bits per heavy atom. The van der Waals surface area contributed by atoms with E-state index in [4.69, 9.17) is 5.73 Å². The normalized spacial score (nSPS) is 11.9. The van der Waals surface area contributed by atoms with Crippen molar-refractivity contribution in [1.29, 1.82) is 0 Å². The summed E-state index contributed by atoms with van der Waals surface area (Å²) < 4.78 is 0. The lowest BCUT2D eigenvalue weighted by atomic mass is 9.97. The van der Waals surface area contributed by atoms with Crippen LogP contribution in [0.4, 0.5) is 11.4 Å². The topological polar surface area (TPSA) is 55.1 Å². The maximum absolute atomic E-state index is 12.2. The first-order chi connectivity index (χ1) is 10.1. The minimum atomic E-state index is -0.00414. The fourth-order valence-electron chi connectivity index (χ4n) is 2.28. The number of hydrogen-bond donors (Lipinski definition) is 2. The predicted octanol–water partition coefficient (Wildman–Crippen LogP) is 3.96. The van der Waals surface area contributed by atoms with Gasteiger partial charge in [-0.2, -0.15) is 0 Å². The molecule has 0 fully saturated rings. The van der Waals surface area contributed by atoms with Crippen LogP contribution in [-0.2, 0) is 11.2 Å². The molecule has 2 aromatic carbocycles. The Morgan fingerprint density at radius 2 is 1.81 bits per heavy atom. The summed E-state index contributed by atoms with van der Waals surface area (Å²) in [5.74, 6) is 0.425. The van der Waals surface area contributed by atoms with Crippen molar-refractivity contribution in [1.82, 2.24) is 0 Å². The molecule has 0 aliphatic heterocycles. The first-order valence-electron chi connectivity index (χ1n) is 7.33. The van der Waals surface area contributed by atoms with Crippen molar-refractivity contribution >= 4 is 17.3 Å². The second kappa shape index (κ2) is 6.93. The van der Waals surface area contributed by atoms with Crippen molar-refractivity contribution < 1.29 is 4.79 Å². The van der Waals surface area contributed by atoms with E-state index in [-0.39, 0.29) is 5.91 Å². The van der Waals surface area contributed by atoms with Crippen molar-refractivity contribution in [3.8, 4) is 0 Å². The number of nitrogens with two attached hydrogens (primary N) is 1. The summed E-state index contributed by atoms with van der Waals surface area (Å²) in [4.78, 5) is 12.2. The molecule has 0 bridgehead atoms. The van der Waals surface area contributed by atoms with Gasteiger partial charge >= 0.3 is 0 Å². The second-order valence-corrected chi connectivity index (χ2v) is 5.36. The highest BCUT2D eigenvalue weighted by atomic mass is 16.1. The van der Waals surface area contributed by atoms with Crippen LogP contribution < -0.4 is 11.1 Å². The van der Waals surface area contributed by atoms with Gasteiger partial charge in [0.15, 0.2) is 0 Å². The highest BCUT2D eigenvalue weighted by molar-refractivity contribution is 5.93. The standard InChI is InChI=1S/C18H22N2O/c1-3-13(2)16-6-4-5-7-17(16)20-18(21)12-14-8-10-15(19)11-9-14/h4-11,13H,3,12,19H2,1-2H3,(H,20,21). The summed E-state index contributed by atoms with van der Waals surface area (Å²) in [5.41, 5.74) is 9.41. The highest BCUT2D eigenvalue weighted by Gasteiger charge is 2.11.